The van der Waals surface area contributed by atoms with Gasteiger partial charge in [-0.1, -0.05) is 178 Å². The van der Waals surface area contributed by atoms with Crippen LogP contribution in [0.15, 0.2) is 205 Å². The van der Waals surface area contributed by atoms with Crippen molar-refractivity contribution in [3.8, 4) is 44.5 Å². The quantitative estimate of drug-likeness (QED) is 0.130. The van der Waals surface area contributed by atoms with Crippen molar-refractivity contribution in [3.63, 3.8) is 0 Å². The van der Waals surface area contributed by atoms with E-state index in [0.29, 0.717) is 5.92 Å². The fourth-order valence-corrected chi connectivity index (χ4v) is 9.96. The van der Waals surface area contributed by atoms with Crippen LogP contribution in [0.2, 0.25) is 0 Å². The number of rotatable bonds is 10. The average molecular weight is 748 g/mol. The number of benzene rings is 8. The molecule has 0 saturated heterocycles. The molecule has 58 heavy (non-hydrogen) atoms. The SMILES string of the molecule is C=CC1(C(CC)CC)c2ccccc2-c2cccc(-c3ccc(N(c4ccc(-c5ccccc5)cc4)c4cccc5oc6ccccc6c45)cc3-c3ccccc3)c21. The number of hydrogen-bond acceptors (Lipinski definition) is 2. The summed E-state index contributed by atoms with van der Waals surface area (Å²) < 4.78 is 6.46. The molecule has 0 spiro atoms. The lowest BCUT2D eigenvalue weighted by atomic mass is 9.65. The van der Waals surface area contributed by atoms with Crippen LogP contribution < -0.4 is 4.90 Å². The predicted molar refractivity (Wildman–Crippen MR) is 245 cm³/mol. The van der Waals surface area contributed by atoms with Crippen molar-refractivity contribution in [1.29, 1.82) is 0 Å². The number of para-hydroxylation sites is 1. The monoisotopic (exact) mass is 747 g/mol. The summed E-state index contributed by atoms with van der Waals surface area (Å²) in [5.74, 6) is 0.396. The first-order valence-corrected chi connectivity index (χ1v) is 20.6. The smallest absolute Gasteiger partial charge is 0.137 e. The third-order valence-electron chi connectivity index (χ3n) is 12.6. The molecule has 1 unspecified atom stereocenters. The lowest BCUT2D eigenvalue weighted by Gasteiger charge is -2.38. The molecule has 0 N–H and O–H groups in total. The molecule has 0 saturated carbocycles. The second kappa shape index (κ2) is 14.6. The van der Waals surface area contributed by atoms with E-state index in [1.165, 1.54) is 55.6 Å². The van der Waals surface area contributed by atoms with Crippen molar-refractivity contribution in [3.05, 3.63) is 212 Å². The fourth-order valence-electron chi connectivity index (χ4n) is 9.96. The van der Waals surface area contributed by atoms with Gasteiger partial charge >= 0.3 is 0 Å². The van der Waals surface area contributed by atoms with Crippen molar-refractivity contribution in [2.45, 2.75) is 32.1 Å². The number of nitrogens with zero attached hydrogens (tertiary/aromatic N) is 1. The molecule has 10 rings (SSSR count). The van der Waals surface area contributed by atoms with Gasteiger partial charge in [0.05, 0.1) is 11.1 Å². The van der Waals surface area contributed by atoms with Crippen LogP contribution in [0.5, 0.6) is 0 Å². The molecule has 0 amide bonds. The summed E-state index contributed by atoms with van der Waals surface area (Å²) in [4.78, 5) is 2.40. The van der Waals surface area contributed by atoms with E-state index in [0.717, 1.165) is 51.8 Å². The van der Waals surface area contributed by atoms with Crippen molar-refractivity contribution in [2.24, 2.45) is 5.92 Å². The molecule has 1 aliphatic rings. The zero-order valence-electron chi connectivity index (χ0n) is 33.0. The minimum Gasteiger partial charge on any atom is -0.456 e. The third-order valence-corrected chi connectivity index (χ3v) is 12.6. The Balaban J connectivity index is 1.23. The van der Waals surface area contributed by atoms with Crippen LogP contribution in [0.1, 0.15) is 37.8 Å². The maximum atomic E-state index is 6.46. The molecule has 1 aromatic heterocycles. The Morgan fingerprint density at radius 3 is 1.84 bits per heavy atom. The molecular weight excluding hydrogens is 703 g/mol. The average Bonchev–Trinajstić information content (AvgIpc) is 3.82. The van der Waals surface area contributed by atoms with Crippen molar-refractivity contribution < 1.29 is 4.42 Å². The van der Waals surface area contributed by atoms with Crippen LogP contribution in [0.4, 0.5) is 17.1 Å². The van der Waals surface area contributed by atoms with Gasteiger partial charge in [0.1, 0.15) is 11.2 Å². The van der Waals surface area contributed by atoms with Gasteiger partial charge in [-0.05, 0) is 104 Å². The highest BCUT2D eigenvalue weighted by atomic mass is 16.3. The summed E-state index contributed by atoms with van der Waals surface area (Å²) >= 11 is 0. The van der Waals surface area contributed by atoms with Crippen LogP contribution in [-0.4, -0.2) is 0 Å². The summed E-state index contributed by atoms with van der Waals surface area (Å²) in [7, 11) is 0. The maximum absolute atomic E-state index is 6.46. The Labute approximate surface area is 341 Å². The van der Waals surface area contributed by atoms with Gasteiger partial charge in [-0.2, -0.15) is 0 Å². The molecule has 0 fully saturated rings. The minimum atomic E-state index is -0.316. The lowest BCUT2D eigenvalue weighted by Crippen LogP contribution is -2.32. The molecule has 9 aromatic rings. The first kappa shape index (κ1) is 35.5. The third kappa shape index (κ3) is 5.55. The van der Waals surface area contributed by atoms with Gasteiger partial charge in [0.25, 0.3) is 0 Å². The Morgan fingerprint density at radius 2 is 1.10 bits per heavy atom. The molecule has 2 heteroatoms. The second-order valence-electron chi connectivity index (χ2n) is 15.5. The Kier molecular flexibility index (Phi) is 8.91. The zero-order chi connectivity index (χ0) is 39.2. The zero-order valence-corrected chi connectivity index (χ0v) is 33.0. The summed E-state index contributed by atoms with van der Waals surface area (Å²) in [6, 6.07) is 68.1. The number of fused-ring (bicyclic) bond motifs is 6. The fraction of sp³-hybridized carbons (Fsp3) is 0.107. The van der Waals surface area contributed by atoms with Crippen LogP contribution in [-0.2, 0) is 5.41 Å². The molecule has 1 aliphatic carbocycles. The van der Waals surface area contributed by atoms with Crippen LogP contribution in [0, 0.1) is 5.92 Å². The van der Waals surface area contributed by atoms with Crippen molar-refractivity contribution in [1.82, 2.24) is 0 Å². The van der Waals surface area contributed by atoms with Gasteiger partial charge in [0, 0.05) is 22.2 Å². The minimum absolute atomic E-state index is 0.316. The molecule has 1 heterocycles. The van der Waals surface area contributed by atoms with Crippen LogP contribution in [0.25, 0.3) is 66.4 Å². The molecular formula is C56H45NO. The maximum Gasteiger partial charge on any atom is 0.137 e. The standard InChI is InChI=1S/C56H45NO/c1-4-41(5-2)56(6-3)50-27-15-13-23-45(50)47-26-17-25-46(55(47)56)44-36-35-43(37-49(44)40-21-11-8-12-22-40)57(42-33-31-39(32-34-42)38-19-9-7-10-20-38)51-28-18-30-53-54(51)48-24-14-16-29-52(48)58-53/h6-37,41H,3-5H2,1-2H3. The summed E-state index contributed by atoms with van der Waals surface area (Å²) in [5.41, 5.74) is 17.2. The van der Waals surface area contributed by atoms with Gasteiger partial charge in [0.15, 0.2) is 0 Å². The largest absolute Gasteiger partial charge is 0.456 e. The first-order valence-electron chi connectivity index (χ1n) is 20.6. The number of allylic oxidation sites excluding steroid dienone is 1. The molecule has 8 aromatic carbocycles. The van der Waals surface area contributed by atoms with Gasteiger partial charge < -0.3 is 9.32 Å². The van der Waals surface area contributed by atoms with Gasteiger partial charge in [0.2, 0.25) is 0 Å². The molecule has 0 aliphatic heterocycles. The number of hydrogen-bond donors (Lipinski definition) is 0. The Bertz CT molecular complexity index is 2940. The molecule has 0 radical (unpaired) electrons. The summed E-state index contributed by atoms with van der Waals surface area (Å²) in [6.07, 6.45) is 4.37. The van der Waals surface area contributed by atoms with Crippen molar-refractivity contribution in [2.75, 3.05) is 4.90 Å². The van der Waals surface area contributed by atoms with Gasteiger partial charge in [-0.3, -0.25) is 0 Å². The van der Waals surface area contributed by atoms with E-state index in [9.17, 15) is 0 Å². The highest BCUT2D eigenvalue weighted by Crippen LogP contribution is 2.58. The molecule has 2 nitrogen and oxygen atoms in total. The van der Waals surface area contributed by atoms with Crippen LogP contribution >= 0.6 is 0 Å². The van der Waals surface area contributed by atoms with Gasteiger partial charge in [-0.25, -0.2) is 0 Å². The van der Waals surface area contributed by atoms with E-state index in [4.69, 9.17) is 4.42 Å². The lowest BCUT2D eigenvalue weighted by molar-refractivity contribution is 0.367. The predicted octanol–water partition coefficient (Wildman–Crippen LogP) is 15.9. The highest BCUT2D eigenvalue weighted by molar-refractivity contribution is 6.13. The molecule has 0 bridgehead atoms. The molecule has 1 atom stereocenters. The molecule has 280 valence electrons. The van der Waals surface area contributed by atoms with E-state index in [2.05, 4.69) is 213 Å². The number of anilines is 3. The number of furan rings is 1. The normalized spacial score (nSPS) is 14.5. The highest BCUT2D eigenvalue weighted by Gasteiger charge is 2.46. The Morgan fingerprint density at radius 1 is 0.517 bits per heavy atom. The Hall–Kier alpha value is -6.90. The van der Waals surface area contributed by atoms with E-state index >= 15 is 0 Å². The topological polar surface area (TPSA) is 16.4 Å². The van der Waals surface area contributed by atoms with E-state index in [1.54, 1.807) is 0 Å². The summed E-state index contributed by atoms with van der Waals surface area (Å²) in [5, 5.41) is 2.19. The van der Waals surface area contributed by atoms with Crippen molar-refractivity contribution >= 4 is 39.0 Å². The second-order valence-corrected chi connectivity index (χ2v) is 15.5. The van der Waals surface area contributed by atoms with E-state index < -0.39 is 0 Å². The van der Waals surface area contributed by atoms with E-state index in [-0.39, 0.29) is 5.41 Å². The summed E-state index contributed by atoms with van der Waals surface area (Å²) in [6.45, 7) is 9.26. The van der Waals surface area contributed by atoms with E-state index in [1.807, 2.05) is 6.07 Å². The first-order chi connectivity index (χ1) is 28.6. The van der Waals surface area contributed by atoms with Gasteiger partial charge in [-0.15, -0.1) is 6.58 Å². The van der Waals surface area contributed by atoms with Crippen LogP contribution in [0.3, 0.4) is 0 Å².